The zero-order valence-corrected chi connectivity index (χ0v) is 10.7. The van der Waals surface area contributed by atoms with E-state index in [1.54, 1.807) is 7.11 Å². The van der Waals surface area contributed by atoms with Gasteiger partial charge in [0.15, 0.2) is 0 Å². The molecule has 3 N–H and O–H groups in total. The topological polar surface area (TPSA) is 64.3 Å². The van der Waals surface area contributed by atoms with Gasteiger partial charge in [-0.25, -0.2) is 0 Å². The minimum atomic E-state index is -0.182. The molecular formula is C14H20N2O2. The Morgan fingerprint density at radius 2 is 2.06 bits per heavy atom. The van der Waals surface area contributed by atoms with Crippen LogP contribution in [-0.2, 0) is 10.3 Å². The highest BCUT2D eigenvalue weighted by molar-refractivity contribution is 5.77. The summed E-state index contributed by atoms with van der Waals surface area (Å²) in [4.78, 5) is 11.7. The predicted octanol–water partition coefficient (Wildman–Crippen LogP) is 1.54. The normalized spacial score (nSPS) is 16.8. The molecule has 0 unspecified atom stereocenters. The molecule has 18 heavy (non-hydrogen) atoms. The van der Waals surface area contributed by atoms with E-state index in [0.29, 0.717) is 13.0 Å². The van der Waals surface area contributed by atoms with E-state index in [9.17, 15) is 4.79 Å². The lowest BCUT2D eigenvalue weighted by Crippen LogP contribution is -2.51. The number of methoxy groups -OCH3 is 1. The molecule has 1 saturated carbocycles. The van der Waals surface area contributed by atoms with Gasteiger partial charge in [0.05, 0.1) is 12.6 Å². The van der Waals surface area contributed by atoms with Gasteiger partial charge in [-0.05, 0) is 37.0 Å². The van der Waals surface area contributed by atoms with Crippen LogP contribution in [0.15, 0.2) is 24.3 Å². The van der Waals surface area contributed by atoms with E-state index in [2.05, 4.69) is 5.32 Å². The molecular weight excluding hydrogens is 228 g/mol. The molecule has 1 aliphatic rings. The van der Waals surface area contributed by atoms with Crippen LogP contribution in [0.2, 0.25) is 0 Å². The number of ether oxygens (including phenoxy) is 1. The van der Waals surface area contributed by atoms with E-state index in [0.717, 1.165) is 30.6 Å². The zero-order chi connectivity index (χ0) is 13.0. The van der Waals surface area contributed by atoms with Gasteiger partial charge in [-0.1, -0.05) is 12.1 Å². The van der Waals surface area contributed by atoms with Gasteiger partial charge < -0.3 is 15.8 Å². The summed E-state index contributed by atoms with van der Waals surface area (Å²) in [6, 6.07) is 7.93. The fourth-order valence-electron chi connectivity index (χ4n) is 2.39. The highest BCUT2D eigenvalue weighted by atomic mass is 16.5. The van der Waals surface area contributed by atoms with Crippen molar-refractivity contribution in [1.82, 2.24) is 5.32 Å². The fraction of sp³-hybridized carbons (Fsp3) is 0.500. The van der Waals surface area contributed by atoms with Crippen LogP contribution in [0.25, 0.3) is 0 Å². The minimum Gasteiger partial charge on any atom is -0.497 e. The first-order valence-electron chi connectivity index (χ1n) is 6.36. The highest BCUT2D eigenvalue weighted by Gasteiger charge is 2.39. The predicted molar refractivity (Wildman–Crippen MR) is 70.3 cm³/mol. The number of carbonyl (C=O) groups excluding carboxylic acids is 1. The first kappa shape index (κ1) is 12.9. The van der Waals surface area contributed by atoms with Crippen molar-refractivity contribution < 1.29 is 9.53 Å². The lowest BCUT2D eigenvalue weighted by atomic mass is 9.71. The van der Waals surface area contributed by atoms with Gasteiger partial charge >= 0.3 is 0 Å². The second kappa shape index (κ2) is 5.40. The fourth-order valence-corrected chi connectivity index (χ4v) is 2.39. The molecule has 1 fully saturated rings. The summed E-state index contributed by atoms with van der Waals surface area (Å²) in [5, 5.41) is 3.12. The number of carbonyl (C=O) groups is 1. The monoisotopic (exact) mass is 248 g/mol. The van der Waals surface area contributed by atoms with Gasteiger partial charge in [-0.15, -0.1) is 0 Å². The molecule has 4 heteroatoms. The largest absolute Gasteiger partial charge is 0.497 e. The molecule has 0 spiro atoms. The second-order valence-electron chi connectivity index (χ2n) is 4.75. The molecule has 2 rings (SSSR count). The highest BCUT2D eigenvalue weighted by Crippen LogP contribution is 2.41. The number of benzene rings is 1. The minimum absolute atomic E-state index is 0.0352. The standard InChI is InChI=1S/C14H20N2O2/c1-18-12-5-3-11(4-6-12)14(8-2-9-14)16-13(17)7-10-15/h3-6H,2,7-10,15H2,1H3,(H,16,17). The van der Waals surface area contributed by atoms with Crippen molar-refractivity contribution in [2.75, 3.05) is 13.7 Å². The van der Waals surface area contributed by atoms with E-state index in [1.807, 2.05) is 24.3 Å². The van der Waals surface area contributed by atoms with E-state index >= 15 is 0 Å². The maximum Gasteiger partial charge on any atom is 0.221 e. The Morgan fingerprint density at radius 1 is 1.39 bits per heavy atom. The summed E-state index contributed by atoms with van der Waals surface area (Å²) in [5.41, 5.74) is 6.38. The molecule has 98 valence electrons. The molecule has 1 amide bonds. The van der Waals surface area contributed by atoms with Crippen LogP contribution < -0.4 is 15.8 Å². The Hall–Kier alpha value is -1.55. The van der Waals surface area contributed by atoms with Crippen LogP contribution >= 0.6 is 0 Å². The van der Waals surface area contributed by atoms with Gasteiger partial charge in [0.25, 0.3) is 0 Å². The Bertz CT molecular complexity index is 410. The van der Waals surface area contributed by atoms with Crippen molar-refractivity contribution >= 4 is 5.91 Å². The lowest BCUT2D eigenvalue weighted by molar-refractivity contribution is -0.124. The van der Waals surface area contributed by atoms with Crippen LogP contribution in [0.3, 0.4) is 0 Å². The molecule has 0 bridgehead atoms. The molecule has 0 atom stereocenters. The number of amides is 1. The molecule has 1 aromatic carbocycles. The third-order valence-corrected chi connectivity index (χ3v) is 3.60. The lowest BCUT2D eigenvalue weighted by Gasteiger charge is -2.43. The summed E-state index contributed by atoms with van der Waals surface area (Å²) < 4.78 is 5.15. The van der Waals surface area contributed by atoms with E-state index in [-0.39, 0.29) is 11.4 Å². The Kier molecular flexibility index (Phi) is 3.87. The number of hydrogen-bond donors (Lipinski definition) is 2. The van der Waals surface area contributed by atoms with Gasteiger partial charge in [-0.3, -0.25) is 4.79 Å². The third-order valence-electron chi connectivity index (χ3n) is 3.60. The molecule has 0 heterocycles. The summed E-state index contributed by atoms with van der Waals surface area (Å²) in [7, 11) is 1.65. The summed E-state index contributed by atoms with van der Waals surface area (Å²) in [6.45, 7) is 0.393. The van der Waals surface area contributed by atoms with Crippen molar-refractivity contribution in [2.24, 2.45) is 5.73 Å². The molecule has 0 saturated heterocycles. The van der Waals surface area contributed by atoms with Crippen molar-refractivity contribution in [1.29, 1.82) is 0 Å². The zero-order valence-electron chi connectivity index (χ0n) is 10.7. The van der Waals surface area contributed by atoms with Crippen molar-refractivity contribution in [3.63, 3.8) is 0 Å². The van der Waals surface area contributed by atoms with E-state index in [4.69, 9.17) is 10.5 Å². The van der Waals surface area contributed by atoms with Gasteiger partial charge in [0.2, 0.25) is 5.91 Å². The maximum absolute atomic E-state index is 11.7. The molecule has 1 aliphatic carbocycles. The first-order valence-corrected chi connectivity index (χ1v) is 6.36. The number of rotatable bonds is 5. The van der Waals surface area contributed by atoms with E-state index < -0.39 is 0 Å². The number of nitrogens with two attached hydrogens (primary N) is 1. The van der Waals surface area contributed by atoms with Gasteiger partial charge in [-0.2, -0.15) is 0 Å². The van der Waals surface area contributed by atoms with Crippen molar-refractivity contribution in [3.05, 3.63) is 29.8 Å². The smallest absolute Gasteiger partial charge is 0.221 e. The third kappa shape index (κ3) is 2.48. The summed E-state index contributed by atoms with van der Waals surface area (Å²) in [5.74, 6) is 0.870. The maximum atomic E-state index is 11.7. The van der Waals surface area contributed by atoms with Crippen molar-refractivity contribution in [3.8, 4) is 5.75 Å². The molecule has 1 aromatic rings. The van der Waals surface area contributed by atoms with Crippen molar-refractivity contribution in [2.45, 2.75) is 31.2 Å². The van der Waals surface area contributed by atoms with Crippen LogP contribution in [0.5, 0.6) is 5.75 Å². The average molecular weight is 248 g/mol. The second-order valence-corrected chi connectivity index (χ2v) is 4.75. The summed E-state index contributed by atoms with van der Waals surface area (Å²) in [6.07, 6.45) is 3.53. The Morgan fingerprint density at radius 3 is 2.50 bits per heavy atom. The summed E-state index contributed by atoms with van der Waals surface area (Å²) >= 11 is 0. The molecule has 0 aromatic heterocycles. The molecule has 0 radical (unpaired) electrons. The van der Waals surface area contributed by atoms with Gasteiger partial charge in [0, 0.05) is 13.0 Å². The van der Waals surface area contributed by atoms with Crippen LogP contribution in [0, 0.1) is 0 Å². The van der Waals surface area contributed by atoms with Crippen LogP contribution in [-0.4, -0.2) is 19.6 Å². The van der Waals surface area contributed by atoms with Crippen LogP contribution in [0.4, 0.5) is 0 Å². The Balaban J connectivity index is 2.13. The van der Waals surface area contributed by atoms with Crippen LogP contribution in [0.1, 0.15) is 31.2 Å². The SMILES string of the molecule is COc1ccc(C2(NC(=O)CCN)CCC2)cc1. The van der Waals surface area contributed by atoms with E-state index in [1.165, 1.54) is 0 Å². The Labute approximate surface area is 108 Å². The first-order chi connectivity index (χ1) is 8.70. The average Bonchev–Trinajstić information content (AvgIpc) is 2.34. The quantitative estimate of drug-likeness (QED) is 0.830. The molecule has 0 aliphatic heterocycles. The number of nitrogens with one attached hydrogen (secondary N) is 1. The number of hydrogen-bond acceptors (Lipinski definition) is 3. The van der Waals surface area contributed by atoms with Gasteiger partial charge in [0.1, 0.15) is 5.75 Å². The molecule has 4 nitrogen and oxygen atoms in total.